The van der Waals surface area contributed by atoms with Crippen molar-refractivity contribution in [2.75, 3.05) is 0 Å². The summed E-state index contributed by atoms with van der Waals surface area (Å²) in [6, 6.07) is 19.2. The molecule has 0 heterocycles. The summed E-state index contributed by atoms with van der Waals surface area (Å²) in [6.45, 7) is 0. The first-order chi connectivity index (χ1) is 13.4. The number of hydrogen-bond acceptors (Lipinski definition) is 3. The van der Waals surface area contributed by atoms with Crippen LogP contribution in [0.2, 0.25) is 0 Å². The van der Waals surface area contributed by atoms with E-state index in [9.17, 15) is 29.7 Å². The number of benzene rings is 3. The lowest BCUT2D eigenvalue weighted by atomic mass is 10.2. The van der Waals surface area contributed by atoms with Crippen LogP contribution in [0.5, 0.6) is 0 Å². The lowest BCUT2D eigenvalue weighted by Crippen LogP contribution is -2.23. The largest absolute Gasteiger partial charge is 0.478 e. The van der Waals surface area contributed by atoms with E-state index in [1.807, 2.05) is 0 Å². The van der Waals surface area contributed by atoms with Crippen LogP contribution in [0.25, 0.3) is 0 Å². The third kappa shape index (κ3) is 4.08. The molecular weight excluding hydrogens is 379 g/mol. The lowest BCUT2D eigenvalue weighted by Gasteiger charge is -2.20. The van der Waals surface area contributed by atoms with Gasteiger partial charge in [0, 0.05) is 0 Å². The molecule has 6 nitrogen and oxygen atoms in total. The van der Waals surface area contributed by atoms with E-state index in [4.69, 9.17) is 0 Å². The van der Waals surface area contributed by atoms with Gasteiger partial charge in [-0.3, -0.25) is 0 Å². The Morgan fingerprint density at radius 3 is 1.07 bits per heavy atom. The monoisotopic (exact) mass is 394 g/mol. The van der Waals surface area contributed by atoms with E-state index in [2.05, 4.69) is 0 Å². The molecule has 0 aliphatic rings. The van der Waals surface area contributed by atoms with Gasteiger partial charge >= 0.3 is 17.9 Å². The second kappa shape index (κ2) is 8.03. The molecule has 28 heavy (non-hydrogen) atoms. The summed E-state index contributed by atoms with van der Waals surface area (Å²) < 4.78 is 0. The third-order valence-electron chi connectivity index (χ3n) is 4.05. The van der Waals surface area contributed by atoms with Crippen LogP contribution < -0.4 is 15.9 Å². The minimum absolute atomic E-state index is 0.105. The Labute approximate surface area is 161 Å². The maximum atomic E-state index is 11.4. The molecule has 0 aromatic heterocycles. The molecule has 0 radical (unpaired) electrons. The number of carboxylic acids is 3. The van der Waals surface area contributed by atoms with Gasteiger partial charge < -0.3 is 15.3 Å². The fourth-order valence-corrected chi connectivity index (χ4v) is 5.19. The quantitative estimate of drug-likeness (QED) is 0.554. The zero-order valence-corrected chi connectivity index (χ0v) is 15.3. The molecule has 0 aliphatic carbocycles. The number of carboxylic acid groups (broad SMARTS) is 3. The van der Waals surface area contributed by atoms with Crippen molar-refractivity contribution >= 4 is 41.7 Å². The van der Waals surface area contributed by atoms with Crippen molar-refractivity contribution in [3.05, 3.63) is 89.5 Å². The molecule has 3 N–H and O–H groups in total. The molecule has 0 saturated carbocycles. The zero-order chi connectivity index (χ0) is 20.3. The molecule has 3 aromatic rings. The van der Waals surface area contributed by atoms with E-state index in [-0.39, 0.29) is 16.7 Å². The Morgan fingerprint density at radius 1 is 0.536 bits per heavy atom. The van der Waals surface area contributed by atoms with Crippen molar-refractivity contribution in [3.63, 3.8) is 0 Å². The summed E-state index contributed by atoms with van der Waals surface area (Å²) in [5.74, 6) is -3.22. The highest BCUT2D eigenvalue weighted by Gasteiger charge is 2.20. The smallest absolute Gasteiger partial charge is 0.335 e. The molecule has 0 fully saturated rings. The van der Waals surface area contributed by atoms with Crippen LogP contribution in [0.4, 0.5) is 0 Å². The number of hydrogen-bond donors (Lipinski definition) is 3. The average Bonchev–Trinajstić information content (AvgIpc) is 2.69. The molecule has 0 unspecified atom stereocenters. The predicted molar refractivity (Wildman–Crippen MR) is 106 cm³/mol. The summed E-state index contributed by atoms with van der Waals surface area (Å²) in [6.07, 6.45) is 0. The summed E-state index contributed by atoms with van der Waals surface area (Å²) in [7, 11) is -1.36. The summed E-state index contributed by atoms with van der Waals surface area (Å²) in [5.41, 5.74) is 0.316. The van der Waals surface area contributed by atoms with Gasteiger partial charge in [-0.25, -0.2) is 14.4 Å². The fourth-order valence-electron chi connectivity index (χ4n) is 2.78. The average molecular weight is 394 g/mol. The van der Waals surface area contributed by atoms with Gasteiger partial charge in [-0.15, -0.1) is 0 Å². The Hall–Kier alpha value is -3.50. The third-order valence-corrected chi connectivity index (χ3v) is 6.44. The van der Waals surface area contributed by atoms with Crippen molar-refractivity contribution in [2.24, 2.45) is 0 Å². The molecule has 0 aliphatic heterocycles. The van der Waals surface area contributed by atoms with E-state index in [1.165, 1.54) is 36.4 Å². The van der Waals surface area contributed by atoms with Crippen LogP contribution in [-0.2, 0) is 0 Å². The molecular formula is C21H15O6P. The number of carbonyl (C=O) groups is 3. The minimum Gasteiger partial charge on any atom is -0.478 e. The highest BCUT2D eigenvalue weighted by Crippen LogP contribution is 2.33. The molecule has 7 heteroatoms. The van der Waals surface area contributed by atoms with Crippen LogP contribution in [0.1, 0.15) is 31.1 Å². The Morgan fingerprint density at radius 2 is 0.821 bits per heavy atom. The topological polar surface area (TPSA) is 112 Å². The predicted octanol–water partition coefficient (Wildman–Crippen LogP) is 2.54. The molecule has 0 atom stereocenters. The van der Waals surface area contributed by atoms with Gasteiger partial charge in [-0.1, -0.05) is 36.4 Å². The van der Waals surface area contributed by atoms with Gasteiger partial charge in [0.1, 0.15) is 0 Å². The van der Waals surface area contributed by atoms with E-state index in [0.29, 0.717) is 15.9 Å². The maximum Gasteiger partial charge on any atom is 0.335 e. The van der Waals surface area contributed by atoms with Crippen LogP contribution >= 0.6 is 7.92 Å². The fraction of sp³-hybridized carbons (Fsp3) is 0. The molecule has 3 rings (SSSR count). The Bertz CT molecular complexity index is 939. The van der Waals surface area contributed by atoms with Gasteiger partial charge in [0.15, 0.2) is 0 Å². The maximum absolute atomic E-state index is 11.4. The summed E-state index contributed by atoms with van der Waals surface area (Å²) >= 11 is 0. The van der Waals surface area contributed by atoms with Crippen LogP contribution in [-0.4, -0.2) is 33.2 Å². The number of aromatic carboxylic acids is 3. The summed E-state index contributed by atoms with van der Waals surface area (Å²) in [5, 5.41) is 30.0. The Kier molecular flexibility index (Phi) is 5.52. The van der Waals surface area contributed by atoms with Crippen molar-refractivity contribution in [1.29, 1.82) is 0 Å². The van der Waals surface area contributed by atoms with Gasteiger partial charge in [0.05, 0.1) is 16.7 Å². The second-order valence-electron chi connectivity index (χ2n) is 5.90. The Balaban J connectivity index is 2.22. The first-order valence-electron chi connectivity index (χ1n) is 8.17. The normalized spacial score (nSPS) is 10.6. The highest BCUT2D eigenvalue weighted by molar-refractivity contribution is 7.79. The van der Waals surface area contributed by atoms with Gasteiger partial charge in [0.2, 0.25) is 0 Å². The van der Waals surface area contributed by atoms with Crippen molar-refractivity contribution in [3.8, 4) is 0 Å². The first-order valence-corrected chi connectivity index (χ1v) is 9.51. The van der Waals surface area contributed by atoms with Crippen molar-refractivity contribution in [1.82, 2.24) is 0 Å². The second-order valence-corrected chi connectivity index (χ2v) is 8.12. The van der Waals surface area contributed by atoms with Gasteiger partial charge in [-0.05, 0) is 60.2 Å². The molecule has 140 valence electrons. The first kappa shape index (κ1) is 19.3. The molecule has 3 aromatic carbocycles. The standard InChI is InChI=1S/C21H15O6P/c22-19(23)13-4-1-7-16(10-13)28(17-8-2-5-14(11-17)20(24)25)18-9-3-6-15(12-18)21(26)27/h1-12H,(H,22,23)(H,24,25)(H,26,27). The van der Waals surface area contributed by atoms with Gasteiger partial charge in [-0.2, -0.15) is 0 Å². The summed E-state index contributed by atoms with van der Waals surface area (Å²) in [4.78, 5) is 34.2. The molecule has 0 spiro atoms. The molecule has 0 amide bonds. The van der Waals surface area contributed by atoms with Crippen molar-refractivity contribution in [2.45, 2.75) is 0 Å². The zero-order valence-electron chi connectivity index (χ0n) is 14.4. The molecule has 0 saturated heterocycles. The molecule has 0 bridgehead atoms. The lowest BCUT2D eigenvalue weighted by molar-refractivity contribution is 0.0686. The van der Waals surface area contributed by atoms with Crippen LogP contribution in [0, 0.1) is 0 Å². The van der Waals surface area contributed by atoms with E-state index >= 15 is 0 Å². The minimum atomic E-state index is -1.36. The SMILES string of the molecule is O=C(O)c1cccc(P(c2cccc(C(=O)O)c2)c2cccc(C(=O)O)c2)c1. The van der Waals surface area contributed by atoms with E-state index < -0.39 is 25.8 Å². The van der Waals surface area contributed by atoms with E-state index in [1.54, 1.807) is 36.4 Å². The number of rotatable bonds is 6. The highest BCUT2D eigenvalue weighted by atomic mass is 31.1. The van der Waals surface area contributed by atoms with Gasteiger partial charge in [0.25, 0.3) is 0 Å². The van der Waals surface area contributed by atoms with Crippen LogP contribution in [0.3, 0.4) is 0 Å². The van der Waals surface area contributed by atoms with Crippen LogP contribution in [0.15, 0.2) is 72.8 Å². The van der Waals surface area contributed by atoms with E-state index in [0.717, 1.165) is 0 Å². The van der Waals surface area contributed by atoms with Crippen molar-refractivity contribution < 1.29 is 29.7 Å².